The Labute approximate surface area is 96.1 Å². The Morgan fingerprint density at radius 2 is 2.31 bits per heavy atom. The Bertz CT molecular complexity index is 606. The van der Waals surface area contributed by atoms with Crippen molar-refractivity contribution >= 4 is 39.8 Å². The highest BCUT2D eigenvalue weighted by Crippen LogP contribution is 2.22. The van der Waals surface area contributed by atoms with Crippen molar-refractivity contribution in [3.05, 3.63) is 10.4 Å². The third kappa shape index (κ3) is 1.97. The molecule has 2 aromatic rings. The number of nitrogens with two attached hydrogens (primary N) is 1. The monoisotopic (exact) mass is 258 g/mol. The lowest BCUT2D eigenvalue weighted by Crippen LogP contribution is -2.24. The van der Waals surface area contributed by atoms with Crippen molar-refractivity contribution in [3.8, 4) is 0 Å². The van der Waals surface area contributed by atoms with E-state index in [1.54, 1.807) is 0 Å². The second kappa shape index (κ2) is 4.06. The number of aromatic nitrogens is 4. The maximum Gasteiger partial charge on any atom is 0.317 e. The van der Waals surface area contributed by atoms with Crippen LogP contribution in [0.25, 0.3) is 4.96 Å². The van der Waals surface area contributed by atoms with Gasteiger partial charge < -0.3 is 15.6 Å². The zero-order valence-corrected chi connectivity index (χ0v) is 9.25. The van der Waals surface area contributed by atoms with Crippen LogP contribution in [0.15, 0.2) is 9.13 Å². The lowest BCUT2D eigenvalue weighted by Gasteiger charge is -1.95. The van der Waals surface area contributed by atoms with Gasteiger partial charge in [-0.25, -0.2) is 0 Å². The Balaban J connectivity index is 2.40. The summed E-state index contributed by atoms with van der Waals surface area (Å²) in [4.78, 5) is 21.9. The number of rotatable bonds is 3. The van der Waals surface area contributed by atoms with E-state index in [0.717, 1.165) is 27.6 Å². The molecule has 2 heterocycles. The number of nitrogens with zero attached hydrogens (tertiary/aromatic N) is 4. The van der Waals surface area contributed by atoms with Gasteiger partial charge in [0.15, 0.2) is 4.34 Å². The van der Waals surface area contributed by atoms with Gasteiger partial charge in [0.25, 0.3) is 0 Å². The number of carboxylic acids is 1. The second-order valence-corrected chi connectivity index (χ2v) is 4.79. The number of carboxylic acid groups (broad SMARTS) is 1. The van der Waals surface area contributed by atoms with Crippen LogP contribution in [0.4, 0.5) is 5.82 Å². The van der Waals surface area contributed by atoms with Gasteiger partial charge in [-0.2, -0.15) is 4.52 Å². The van der Waals surface area contributed by atoms with Gasteiger partial charge in [-0.05, 0) is 0 Å². The maximum atomic E-state index is 11.4. The molecule has 0 aliphatic carbocycles. The molecule has 8 nitrogen and oxygen atoms in total. The molecule has 2 N–H and O–H groups in total. The number of hydrogen-bond donors (Lipinski definition) is 1. The van der Waals surface area contributed by atoms with Crippen LogP contribution >= 0.6 is 23.1 Å². The van der Waals surface area contributed by atoms with Gasteiger partial charge in [0.05, 0.1) is 5.97 Å². The Morgan fingerprint density at radius 1 is 1.56 bits per heavy atom. The maximum absolute atomic E-state index is 11.4. The predicted molar refractivity (Wildman–Crippen MR) is 55.1 cm³/mol. The van der Waals surface area contributed by atoms with Crippen LogP contribution in [0.3, 0.4) is 0 Å². The van der Waals surface area contributed by atoms with Crippen LogP contribution in [0.2, 0.25) is 0 Å². The quantitative estimate of drug-likeness (QED) is 0.624. The van der Waals surface area contributed by atoms with Gasteiger partial charge >= 0.3 is 5.56 Å². The molecule has 0 saturated carbocycles. The Kier molecular flexibility index (Phi) is 2.75. The van der Waals surface area contributed by atoms with Gasteiger partial charge in [-0.3, -0.25) is 4.79 Å². The van der Waals surface area contributed by atoms with Crippen molar-refractivity contribution in [2.24, 2.45) is 0 Å². The smallest absolute Gasteiger partial charge is 0.317 e. The fourth-order valence-electron chi connectivity index (χ4n) is 0.888. The van der Waals surface area contributed by atoms with Gasteiger partial charge in [-0.15, -0.1) is 15.3 Å². The molecule has 2 rings (SSSR count). The summed E-state index contributed by atoms with van der Waals surface area (Å²) in [6.45, 7) is 0. The normalized spacial score (nSPS) is 10.8. The molecule has 0 spiro atoms. The van der Waals surface area contributed by atoms with Crippen molar-refractivity contribution in [1.82, 2.24) is 19.8 Å². The average molecular weight is 258 g/mol. The lowest BCUT2D eigenvalue weighted by atomic mass is 10.7. The molecule has 0 atom stereocenters. The first-order valence-corrected chi connectivity index (χ1v) is 5.73. The molecule has 0 amide bonds. The zero-order chi connectivity index (χ0) is 11.7. The van der Waals surface area contributed by atoms with E-state index in [0.29, 0.717) is 4.34 Å². The van der Waals surface area contributed by atoms with E-state index in [2.05, 4.69) is 15.3 Å². The first kappa shape index (κ1) is 10.8. The van der Waals surface area contributed by atoms with E-state index in [1.807, 2.05) is 0 Å². The van der Waals surface area contributed by atoms with E-state index in [4.69, 9.17) is 5.73 Å². The van der Waals surface area contributed by atoms with Gasteiger partial charge in [0.2, 0.25) is 10.8 Å². The molecule has 0 aliphatic rings. The third-order valence-electron chi connectivity index (χ3n) is 1.51. The number of hydrogen-bond acceptors (Lipinski definition) is 9. The first-order valence-electron chi connectivity index (χ1n) is 3.92. The molecule has 84 valence electrons. The van der Waals surface area contributed by atoms with Gasteiger partial charge in [0.1, 0.15) is 0 Å². The first-order chi connectivity index (χ1) is 7.58. The van der Waals surface area contributed by atoms with E-state index >= 15 is 0 Å². The molecule has 0 saturated heterocycles. The van der Waals surface area contributed by atoms with Crippen LogP contribution in [-0.2, 0) is 4.79 Å². The summed E-state index contributed by atoms with van der Waals surface area (Å²) in [5.41, 5.74) is 4.70. The van der Waals surface area contributed by atoms with Crippen molar-refractivity contribution in [2.75, 3.05) is 11.5 Å². The third-order valence-corrected chi connectivity index (χ3v) is 3.52. The standard InChI is InChI=1S/C6H5N5O3S2/c7-3-4(14)11-5(9-8-3)16-6(10-11)15-1-2(12)13/h1H2,(H2,7,8)(H,12,13)/p-1. The predicted octanol–water partition coefficient (Wildman–Crippen LogP) is -2.03. The molecule has 0 aromatic carbocycles. The van der Waals surface area contributed by atoms with E-state index in [-0.39, 0.29) is 16.5 Å². The summed E-state index contributed by atoms with van der Waals surface area (Å²) in [5, 5.41) is 21.2. The van der Waals surface area contributed by atoms with Crippen molar-refractivity contribution in [1.29, 1.82) is 0 Å². The molecular formula is C6H4N5O3S2-. The van der Waals surface area contributed by atoms with Crippen LogP contribution in [0.5, 0.6) is 0 Å². The number of carbonyl (C=O) groups excluding carboxylic acids is 1. The summed E-state index contributed by atoms with van der Waals surface area (Å²) in [6.07, 6.45) is 0. The summed E-state index contributed by atoms with van der Waals surface area (Å²) in [7, 11) is 0. The molecule has 0 fully saturated rings. The lowest BCUT2D eigenvalue weighted by molar-refractivity contribution is -0.301. The van der Waals surface area contributed by atoms with Gasteiger partial charge in [-0.1, -0.05) is 23.1 Å². The average Bonchev–Trinajstić information content (AvgIpc) is 2.64. The van der Waals surface area contributed by atoms with Gasteiger partial charge in [0, 0.05) is 5.75 Å². The van der Waals surface area contributed by atoms with Crippen LogP contribution < -0.4 is 16.4 Å². The molecule has 10 heteroatoms. The Morgan fingerprint density at radius 3 is 3.00 bits per heavy atom. The van der Waals surface area contributed by atoms with Crippen molar-refractivity contribution in [3.63, 3.8) is 0 Å². The molecule has 0 aliphatic heterocycles. The fraction of sp³-hybridized carbons (Fsp3) is 0.167. The minimum atomic E-state index is -1.21. The SMILES string of the molecule is Nc1nnc2sc(SCC(=O)[O-])nn2c1=O. The van der Waals surface area contributed by atoms with Crippen molar-refractivity contribution < 1.29 is 9.90 Å². The highest BCUT2D eigenvalue weighted by molar-refractivity contribution is 8.01. The number of fused-ring (bicyclic) bond motifs is 1. The summed E-state index contributed by atoms with van der Waals surface area (Å²) < 4.78 is 1.38. The zero-order valence-electron chi connectivity index (χ0n) is 7.61. The highest BCUT2D eigenvalue weighted by Gasteiger charge is 2.09. The minimum absolute atomic E-state index is 0.239. The largest absolute Gasteiger partial charge is 0.549 e. The van der Waals surface area contributed by atoms with E-state index in [1.165, 1.54) is 0 Å². The molecule has 0 bridgehead atoms. The summed E-state index contributed by atoms with van der Waals surface area (Å²) in [6, 6.07) is 0. The molecule has 16 heavy (non-hydrogen) atoms. The number of nitrogen functional groups attached to an aromatic ring is 1. The fourth-order valence-corrected chi connectivity index (χ4v) is 2.48. The number of thioether (sulfide) groups is 1. The highest BCUT2D eigenvalue weighted by atomic mass is 32.2. The Hall–Kier alpha value is -1.68. The number of anilines is 1. The summed E-state index contributed by atoms with van der Waals surface area (Å²) >= 11 is 2.00. The number of carbonyl (C=O) groups is 1. The molecule has 2 aromatic heterocycles. The second-order valence-electron chi connectivity index (χ2n) is 2.61. The van der Waals surface area contributed by atoms with Crippen LogP contribution in [0.1, 0.15) is 0 Å². The van der Waals surface area contributed by atoms with Crippen LogP contribution in [-0.4, -0.2) is 31.5 Å². The number of aliphatic carboxylic acids is 1. The minimum Gasteiger partial charge on any atom is -0.549 e. The van der Waals surface area contributed by atoms with Crippen LogP contribution in [0, 0.1) is 0 Å². The molecular weight excluding hydrogens is 254 g/mol. The van der Waals surface area contributed by atoms with E-state index in [9.17, 15) is 14.7 Å². The molecule has 0 radical (unpaired) electrons. The topological polar surface area (TPSA) is 126 Å². The van der Waals surface area contributed by atoms with E-state index < -0.39 is 11.5 Å². The summed E-state index contributed by atoms with van der Waals surface area (Å²) in [5.74, 6) is -1.70. The van der Waals surface area contributed by atoms with Crippen molar-refractivity contribution in [2.45, 2.75) is 4.34 Å². The molecule has 0 unspecified atom stereocenters.